The van der Waals surface area contributed by atoms with Gasteiger partial charge in [0.2, 0.25) is 0 Å². The molecule has 0 spiro atoms. The summed E-state index contributed by atoms with van der Waals surface area (Å²) in [6, 6.07) is 17.3. The second-order valence-electron chi connectivity index (χ2n) is 10.8. The van der Waals surface area contributed by atoms with Crippen LogP contribution in [0, 0.1) is 0 Å². The van der Waals surface area contributed by atoms with E-state index >= 15 is 0 Å². The zero-order chi connectivity index (χ0) is 30.3. The molecule has 0 saturated carbocycles. The molecule has 2 aromatic carbocycles. The normalized spacial score (nSPS) is 18.5. The highest BCUT2D eigenvalue weighted by Gasteiger charge is 2.34. The Morgan fingerprint density at radius 2 is 1.60 bits per heavy atom. The lowest BCUT2D eigenvalue weighted by molar-refractivity contribution is 0.0179. The van der Waals surface area contributed by atoms with Gasteiger partial charge in [-0.25, -0.2) is 0 Å². The highest BCUT2D eigenvalue weighted by molar-refractivity contribution is 5.94. The molecule has 1 heterocycles. The summed E-state index contributed by atoms with van der Waals surface area (Å²) in [6.07, 6.45) is 1.99. The molecule has 0 bridgehead atoms. The number of amides is 1. The number of ether oxygens (including phenoxy) is 4. The van der Waals surface area contributed by atoms with Crippen LogP contribution in [0.25, 0.3) is 0 Å². The molecule has 3 atom stereocenters. The van der Waals surface area contributed by atoms with Crippen LogP contribution < -0.4 is 4.74 Å². The van der Waals surface area contributed by atoms with E-state index in [9.17, 15) is 4.79 Å². The Morgan fingerprint density at radius 3 is 2.24 bits per heavy atom. The number of methoxy groups -OCH3 is 1. The topological polar surface area (TPSA) is 63.7 Å². The van der Waals surface area contributed by atoms with Gasteiger partial charge in [-0.1, -0.05) is 30.3 Å². The fourth-order valence-electron chi connectivity index (χ4n) is 5.54. The fraction of sp³-hybridized carbons (Fsp3) is 0.559. The van der Waals surface area contributed by atoms with Crippen molar-refractivity contribution in [1.29, 1.82) is 0 Å². The van der Waals surface area contributed by atoms with Gasteiger partial charge in [0.1, 0.15) is 12.4 Å². The predicted octanol–water partition coefficient (Wildman–Crippen LogP) is 4.90. The summed E-state index contributed by atoms with van der Waals surface area (Å²) in [4.78, 5) is 19.9. The SMILES string of the molecule is C=CCN1C[C@H](C)N([C@H](c2ccc(C(=O)N(CC)CC)cc2)c2cccc(OCCOCCOCCOC)c2)C[C@H]1C. The molecule has 0 unspecified atom stereocenters. The minimum atomic E-state index is 0.0231. The van der Waals surface area contributed by atoms with Crippen LogP contribution in [0.4, 0.5) is 0 Å². The van der Waals surface area contributed by atoms with Crippen molar-refractivity contribution in [2.75, 3.05) is 79.5 Å². The Balaban J connectivity index is 1.77. The predicted molar refractivity (Wildman–Crippen MR) is 168 cm³/mol. The fourth-order valence-corrected chi connectivity index (χ4v) is 5.54. The number of hydrogen-bond donors (Lipinski definition) is 0. The average Bonchev–Trinajstić information content (AvgIpc) is 3.00. The lowest BCUT2D eigenvalue weighted by atomic mass is 9.92. The first-order valence-electron chi connectivity index (χ1n) is 15.3. The smallest absolute Gasteiger partial charge is 0.253 e. The van der Waals surface area contributed by atoms with E-state index in [1.807, 2.05) is 43.0 Å². The van der Waals surface area contributed by atoms with Gasteiger partial charge in [-0.05, 0) is 63.1 Å². The third-order valence-corrected chi connectivity index (χ3v) is 7.86. The summed E-state index contributed by atoms with van der Waals surface area (Å²) >= 11 is 0. The minimum absolute atomic E-state index is 0.0231. The number of carbonyl (C=O) groups excluding carboxylic acids is 1. The van der Waals surface area contributed by atoms with Gasteiger partial charge in [-0.3, -0.25) is 14.6 Å². The molecule has 3 rings (SSSR count). The molecule has 1 aliphatic heterocycles. The molecule has 0 aromatic heterocycles. The molecule has 0 aliphatic carbocycles. The summed E-state index contributed by atoms with van der Waals surface area (Å²) in [5, 5.41) is 0. The first-order chi connectivity index (χ1) is 20.4. The van der Waals surface area contributed by atoms with Gasteiger partial charge < -0.3 is 23.8 Å². The number of benzene rings is 2. The number of nitrogens with zero attached hydrogens (tertiary/aromatic N) is 3. The highest BCUT2D eigenvalue weighted by atomic mass is 16.6. The molecule has 8 heteroatoms. The maximum atomic E-state index is 13.0. The molecule has 0 N–H and O–H groups in total. The zero-order valence-electron chi connectivity index (χ0n) is 26.3. The van der Waals surface area contributed by atoms with Crippen LogP contribution in [0.1, 0.15) is 55.2 Å². The number of hydrogen-bond acceptors (Lipinski definition) is 7. The molecule has 1 fully saturated rings. The van der Waals surface area contributed by atoms with Crippen molar-refractivity contribution >= 4 is 5.91 Å². The monoisotopic (exact) mass is 581 g/mol. The van der Waals surface area contributed by atoms with Crippen molar-refractivity contribution in [1.82, 2.24) is 14.7 Å². The van der Waals surface area contributed by atoms with Crippen molar-refractivity contribution in [3.8, 4) is 5.75 Å². The summed E-state index contributed by atoms with van der Waals surface area (Å²) < 4.78 is 22.2. The van der Waals surface area contributed by atoms with Crippen LogP contribution in [-0.2, 0) is 14.2 Å². The Morgan fingerprint density at radius 1 is 0.929 bits per heavy atom. The first kappa shape index (κ1) is 33.7. The summed E-state index contributed by atoms with van der Waals surface area (Å²) in [5.41, 5.74) is 3.05. The second-order valence-corrected chi connectivity index (χ2v) is 10.8. The van der Waals surface area contributed by atoms with Gasteiger partial charge in [0.25, 0.3) is 5.91 Å². The standard InChI is InChI=1S/C34H51N3O5/c1-7-17-36-25-28(5)37(26-27(36)4)33(29-13-15-30(16-14-29)34(38)35(8-2)9-3)31-11-10-12-32(24-31)42-23-22-41-21-20-40-19-18-39-6/h7,10-16,24,27-28,33H,1,8-9,17-23,25-26H2,2-6H3/t27-,28+,33-/m1/s1. The molecule has 0 radical (unpaired) electrons. The number of carbonyl (C=O) groups is 1. The lowest BCUT2D eigenvalue weighted by Gasteiger charge is -2.47. The van der Waals surface area contributed by atoms with Gasteiger partial charge in [0, 0.05) is 57.5 Å². The Kier molecular flexibility index (Phi) is 14.5. The zero-order valence-corrected chi connectivity index (χ0v) is 26.3. The molecule has 2 aromatic rings. The summed E-state index contributed by atoms with van der Waals surface area (Å²) in [7, 11) is 1.66. The van der Waals surface area contributed by atoms with Crippen LogP contribution in [0.15, 0.2) is 61.2 Å². The number of piperazine rings is 1. The van der Waals surface area contributed by atoms with Crippen molar-refractivity contribution in [2.24, 2.45) is 0 Å². The van der Waals surface area contributed by atoms with Crippen LogP contribution in [0.3, 0.4) is 0 Å². The molecule has 8 nitrogen and oxygen atoms in total. The van der Waals surface area contributed by atoms with Gasteiger partial charge >= 0.3 is 0 Å². The van der Waals surface area contributed by atoms with Crippen LogP contribution >= 0.6 is 0 Å². The maximum Gasteiger partial charge on any atom is 0.253 e. The third kappa shape index (κ3) is 9.64. The molecular weight excluding hydrogens is 530 g/mol. The van der Waals surface area contributed by atoms with Crippen molar-refractivity contribution in [2.45, 2.75) is 45.8 Å². The van der Waals surface area contributed by atoms with Gasteiger partial charge in [0.05, 0.1) is 39.1 Å². The average molecular weight is 582 g/mol. The van der Waals surface area contributed by atoms with E-state index in [4.69, 9.17) is 18.9 Å². The summed E-state index contributed by atoms with van der Waals surface area (Å²) in [6.45, 7) is 19.9. The third-order valence-electron chi connectivity index (χ3n) is 7.86. The van der Waals surface area contributed by atoms with Gasteiger partial charge in [-0.2, -0.15) is 0 Å². The van der Waals surface area contributed by atoms with E-state index < -0.39 is 0 Å². The quantitative estimate of drug-likeness (QED) is 0.183. The Hall–Kier alpha value is -2.75. The van der Waals surface area contributed by atoms with E-state index in [0.29, 0.717) is 64.8 Å². The first-order valence-corrected chi connectivity index (χ1v) is 15.3. The van der Waals surface area contributed by atoms with E-state index in [0.717, 1.165) is 36.5 Å². The van der Waals surface area contributed by atoms with Crippen LogP contribution in [0.5, 0.6) is 5.75 Å². The van der Waals surface area contributed by atoms with E-state index in [1.165, 1.54) is 5.56 Å². The largest absolute Gasteiger partial charge is 0.491 e. The van der Waals surface area contributed by atoms with E-state index in [2.05, 4.69) is 60.6 Å². The molecule has 1 saturated heterocycles. The van der Waals surface area contributed by atoms with Crippen molar-refractivity contribution in [3.05, 3.63) is 77.9 Å². The van der Waals surface area contributed by atoms with E-state index in [-0.39, 0.29) is 11.9 Å². The Labute approximate surface area is 253 Å². The van der Waals surface area contributed by atoms with Crippen LogP contribution in [-0.4, -0.2) is 112 Å². The number of rotatable bonds is 18. The second kappa shape index (κ2) is 18.0. The van der Waals surface area contributed by atoms with Gasteiger partial charge in [0.15, 0.2) is 0 Å². The molecule has 42 heavy (non-hydrogen) atoms. The highest BCUT2D eigenvalue weighted by Crippen LogP contribution is 2.35. The van der Waals surface area contributed by atoms with Crippen molar-refractivity contribution < 1.29 is 23.7 Å². The Bertz CT molecular complexity index is 1080. The summed E-state index contributed by atoms with van der Waals surface area (Å²) in [5.74, 6) is 0.888. The van der Waals surface area contributed by atoms with Gasteiger partial charge in [-0.15, -0.1) is 6.58 Å². The molecule has 1 aliphatic rings. The van der Waals surface area contributed by atoms with Crippen molar-refractivity contribution in [3.63, 3.8) is 0 Å². The van der Waals surface area contributed by atoms with E-state index in [1.54, 1.807) is 7.11 Å². The minimum Gasteiger partial charge on any atom is -0.491 e. The molecular formula is C34H51N3O5. The maximum absolute atomic E-state index is 13.0. The molecule has 1 amide bonds. The molecule has 232 valence electrons. The lowest BCUT2D eigenvalue weighted by Crippen LogP contribution is -2.57. The van der Waals surface area contributed by atoms with Crippen LogP contribution in [0.2, 0.25) is 0 Å².